The predicted molar refractivity (Wildman–Crippen MR) is 47.8 cm³/mol. The fourth-order valence-electron chi connectivity index (χ4n) is 2.02. The molecule has 0 unspecified atom stereocenters. The van der Waals surface area contributed by atoms with Crippen molar-refractivity contribution in [1.82, 2.24) is 9.78 Å². The van der Waals surface area contributed by atoms with E-state index in [2.05, 4.69) is 16.7 Å². The van der Waals surface area contributed by atoms with Crippen LogP contribution in [-0.2, 0) is 25.9 Å². The van der Waals surface area contributed by atoms with Gasteiger partial charge in [-0.15, -0.1) is 0 Å². The summed E-state index contributed by atoms with van der Waals surface area (Å²) in [6.07, 6.45) is 3.51. The van der Waals surface area contributed by atoms with Gasteiger partial charge in [0.25, 0.3) is 0 Å². The Hall–Kier alpha value is -0.830. The molecule has 0 atom stereocenters. The lowest BCUT2D eigenvalue weighted by Crippen LogP contribution is -2.02. The second-order valence-corrected chi connectivity index (χ2v) is 3.26. The molecule has 0 spiro atoms. The number of fused-ring (bicyclic) bond motifs is 1. The van der Waals surface area contributed by atoms with Gasteiger partial charge in [0.15, 0.2) is 0 Å². The third-order valence-corrected chi connectivity index (χ3v) is 2.58. The molecule has 2 heterocycles. The number of hydrogen-bond acceptors (Lipinski definition) is 2. The van der Waals surface area contributed by atoms with Gasteiger partial charge in [-0.25, -0.2) is 0 Å². The second-order valence-electron chi connectivity index (χ2n) is 3.26. The van der Waals surface area contributed by atoms with Crippen LogP contribution in [0.4, 0.5) is 0 Å². The predicted octanol–water partition coefficient (Wildman–Crippen LogP) is 0.850. The first-order valence-electron chi connectivity index (χ1n) is 4.64. The first-order valence-corrected chi connectivity index (χ1v) is 4.64. The van der Waals surface area contributed by atoms with Crippen LogP contribution in [0, 0.1) is 0 Å². The molecular weight excluding hydrogens is 150 g/mol. The standard InChI is InChI=1S/C9H15N3/c1-2-7-8(6-10)11-12-5-3-4-9(7)12/h2-6,10H2,1H3. The van der Waals surface area contributed by atoms with Crippen molar-refractivity contribution < 1.29 is 0 Å². The van der Waals surface area contributed by atoms with E-state index in [0.29, 0.717) is 6.54 Å². The molecule has 66 valence electrons. The van der Waals surface area contributed by atoms with E-state index >= 15 is 0 Å². The van der Waals surface area contributed by atoms with E-state index in [0.717, 1.165) is 18.7 Å². The number of nitrogens with zero attached hydrogens (tertiary/aromatic N) is 2. The van der Waals surface area contributed by atoms with E-state index in [1.807, 2.05) is 0 Å². The smallest absolute Gasteiger partial charge is 0.0795 e. The molecule has 2 N–H and O–H groups in total. The van der Waals surface area contributed by atoms with Gasteiger partial charge in [-0.05, 0) is 24.8 Å². The van der Waals surface area contributed by atoms with E-state index in [4.69, 9.17) is 5.73 Å². The zero-order chi connectivity index (χ0) is 8.55. The maximum absolute atomic E-state index is 5.61. The van der Waals surface area contributed by atoms with Gasteiger partial charge in [-0.2, -0.15) is 5.10 Å². The molecule has 0 radical (unpaired) electrons. The maximum atomic E-state index is 5.61. The van der Waals surface area contributed by atoms with Crippen molar-refractivity contribution in [3.05, 3.63) is 17.0 Å². The minimum Gasteiger partial charge on any atom is -0.325 e. The van der Waals surface area contributed by atoms with Crippen molar-refractivity contribution in [3.63, 3.8) is 0 Å². The molecule has 12 heavy (non-hydrogen) atoms. The lowest BCUT2D eigenvalue weighted by Gasteiger charge is -1.97. The maximum Gasteiger partial charge on any atom is 0.0795 e. The summed E-state index contributed by atoms with van der Waals surface area (Å²) in [4.78, 5) is 0. The number of aromatic nitrogens is 2. The van der Waals surface area contributed by atoms with Gasteiger partial charge in [0, 0.05) is 18.8 Å². The lowest BCUT2D eigenvalue weighted by molar-refractivity contribution is 0.643. The molecule has 3 nitrogen and oxygen atoms in total. The zero-order valence-electron chi connectivity index (χ0n) is 7.51. The Morgan fingerprint density at radius 3 is 3.08 bits per heavy atom. The largest absolute Gasteiger partial charge is 0.325 e. The van der Waals surface area contributed by atoms with Crippen LogP contribution in [0.2, 0.25) is 0 Å². The summed E-state index contributed by atoms with van der Waals surface area (Å²) in [5.41, 5.74) is 9.54. The van der Waals surface area contributed by atoms with Crippen molar-refractivity contribution in [2.24, 2.45) is 5.73 Å². The first-order chi connectivity index (χ1) is 5.86. The van der Waals surface area contributed by atoms with E-state index in [9.17, 15) is 0 Å². The Balaban J connectivity index is 2.46. The third-order valence-electron chi connectivity index (χ3n) is 2.58. The van der Waals surface area contributed by atoms with Crippen LogP contribution in [0.5, 0.6) is 0 Å². The molecule has 0 aliphatic carbocycles. The summed E-state index contributed by atoms with van der Waals surface area (Å²) in [6.45, 7) is 3.85. The van der Waals surface area contributed by atoms with Crippen molar-refractivity contribution in [3.8, 4) is 0 Å². The monoisotopic (exact) mass is 165 g/mol. The Morgan fingerprint density at radius 2 is 2.42 bits per heavy atom. The molecule has 0 saturated carbocycles. The molecule has 0 fully saturated rings. The molecule has 0 amide bonds. The topological polar surface area (TPSA) is 43.8 Å². The average molecular weight is 165 g/mol. The Labute approximate surface area is 72.6 Å². The van der Waals surface area contributed by atoms with Crippen molar-refractivity contribution in [2.45, 2.75) is 39.3 Å². The molecular formula is C9H15N3. The molecule has 0 bridgehead atoms. The number of rotatable bonds is 2. The van der Waals surface area contributed by atoms with Crippen LogP contribution in [0.25, 0.3) is 0 Å². The fraction of sp³-hybridized carbons (Fsp3) is 0.667. The van der Waals surface area contributed by atoms with Gasteiger partial charge >= 0.3 is 0 Å². The quantitative estimate of drug-likeness (QED) is 0.706. The highest BCUT2D eigenvalue weighted by Crippen LogP contribution is 2.21. The highest BCUT2D eigenvalue weighted by atomic mass is 15.3. The van der Waals surface area contributed by atoms with Crippen molar-refractivity contribution in [2.75, 3.05) is 0 Å². The molecule has 1 aromatic heterocycles. The molecule has 2 rings (SSSR count). The van der Waals surface area contributed by atoms with Crippen LogP contribution in [0.3, 0.4) is 0 Å². The number of aryl methyl sites for hydroxylation is 1. The van der Waals surface area contributed by atoms with Crippen LogP contribution < -0.4 is 5.73 Å². The molecule has 1 aliphatic heterocycles. The molecule has 0 aromatic carbocycles. The minimum atomic E-state index is 0.586. The van der Waals surface area contributed by atoms with E-state index < -0.39 is 0 Å². The number of nitrogens with two attached hydrogens (primary N) is 1. The fourth-order valence-corrected chi connectivity index (χ4v) is 2.02. The summed E-state index contributed by atoms with van der Waals surface area (Å²) in [5, 5.41) is 4.47. The van der Waals surface area contributed by atoms with Crippen LogP contribution in [0.1, 0.15) is 30.3 Å². The first kappa shape index (κ1) is 7.80. The summed E-state index contributed by atoms with van der Waals surface area (Å²) < 4.78 is 2.13. The lowest BCUT2D eigenvalue weighted by atomic mass is 10.1. The second kappa shape index (κ2) is 2.90. The van der Waals surface area contributed by atoms with Gasteiger partial charge in [-0.3, -0.25) is 4.68 Å². The minimum absolute atomic E-state index is 0.586. The highest BCUT2D eigenvalue weighted by Gasteiger charge is 2.18. The van der Waals surface area contributed by atoms with Crippen LogP contribution >= 0.6 is 0 Å². The van der Waals surface area contributed by atoms with E-state index in [1.165, 1.54) is 24.1 Å². The van der Waals surface area contributed by atoms with Gasteiger partial charge in [0.2, 0.25) is 0 Å². The molecule has 1 aromatic rings. The highest BCUT2D eigenvalue weighted by molar-refractivity contribution is 5.28. The molecule has 1 aliphatic rings. The SMILES string of the molecule is CCc1c(CN)nn2c1CCC2. The van der Waals surface area contributed by atoms with Crippen LogP contribution in [-0.4, -0.2) is 9.78 Å². The molecule has 3 heteroatoms. The Bertz CT molecular complexity index is 288. The summed E-state index contributed by atoms with van der Waals surface area (Å²) in [6, 6.07) is 0. The summed E-state index contributed by atoms with van der Waals surface area (Å²) in [7, 11) is 0. The Morgan fingerprint density at radius 1 is 1.58 bits per heavy atom. The van der Waals surface area contributed by atoms with Crippen LogP contribution in [0.15, 0.2) is 0 Å². The average Bonchev–Trinajstić information content (AvgIpc) is 2.61. The third kappa shape index (κ3) is 0.966. The Kier molecular flexibility index (Phi) is 1.89. The number of hydrogen-bond donors (Lipinski definition) is 1. The summed E-state index contributed by atoms with van der Waals surface area (Å²) in [5.74, 6) is 0. The van der Waals surface area contributed by atoms with Crippen molar-refractivity contribution >= 4 is 0 Å². The summed E-state index contributed by atoms with van der Waals surface area (Å²) >= 11 is 0. The van der Waals surface area contributed by atoms with E-state index in [1.54, 1.807) is 0 Å². The zero-order valence-corrected chi connectivity index (χ0v) is 7.51. The van der Waals surface area contributed by atoms with Gasteiger partial charge in [-0.1, -0.05) is 6.92 Å². The van der Waals surface area contributed by atoms with E-state index in [-0.39, 0.29) is 0 Å². The molecule has 0 saturated heterocycles. The van der Waals surface area contributed by atoms with Crippen molar-refractivity contribution in [1.29, 1.82) is 0 Å². The van der Waals surface area contributed by atoms with Gasteiger partial charge < -0.3 is 5.73 Å². The normalized spacial score (nSPS) is 15.2. The van der Waals surface area contributed by atoms with Gasteiger partial charge in [0.1, 0.15) is 0 Å². The van der Waals surface area contributed by atoms with Gasteiger partial charge in [0.05, 0.1) is 5.69 Å².